The summed E-state index contributed by atoms with van der Waals surface area (Å²) in [6.07, 6.45) is 4.00. The summed E-state index contributed by atoms with van der Waals surface area (Å²) in [4.78, 5) is 22.2. The summed E-state index contributed by atoms with van der Waals surface area (Å²) in [5.74, 6) is 1.53. The van der Waals surface area contributed by atoms with Crippen LogP contribution in [0.25, 0.3) is 0 Å². The zero-order valence-corrected chi connectivity index (χ0v) is 16.5. The van der Waals surface area contributed by atoms with Crippen LogP contribution in [0, 0.1) is 6.92 Å². The minimum atomic E-state index is -0.153. The van der Waals surface area contributed by atoms with Crippen LogP contribution in [0.15, 0.2) is 0 Å². The maximum Gasteiger partial charge on any atom is 0.270 e. The molecule has 0 atom stereocenters. The average Bonchev–Trinajstić information content (AvgIpc) is 3.12. The van der Waals surface area contributed by atoms with E-state index in [1.54, 1.807) is 4.68 Å². The molecule has 3 heterocycles. The molecular formula is C16H25ClN6OS. The van der Waals surface area contributed by atoms with Crippen LogP contribution in [-0.4, -0.2) is 38.7 Å². The Balaban J connectivity index is 0.00000225. The van der Waals surface area contributed by atoms with Gasteiger partial charge in [-0.05, 0) is 45.7 Å². The normalized spacial score (nSPS) is 15.0. The van der Waals surface area contributed by atoms with Crippen molar-refractivity contribution in [2.75, 3.05) is 18.4 Å². The number of piperidine rings is 1. The van der Waals surface area contributed by atoms with E-state index in [1.165, 1.54) is 11.3 Å². The number of halogens is 1. The first-order valence-corrected chi connectivity index (χ1v) is 9.29. The summed E-state index contributed by atoms with van der Waals surface area (Å²) < 4.78 is 1.65. The molecule has 0 unspecified atom stereocenters. The number of carbonyl (C=O) groups excluding carboxylic acids is 1. The minimum Gasteiger partial charge on any atom is -0.317 e. The van der Waals surface area contributed by atoms with E-state index in [0.29, 0.717) is 16.7 Å². The number of nitrogens with zero attached hydrogens (tertiary/aromatic N) is 4. The molecule has 25 heavy (non-hydrogen) atoms. The fourth-order valence-electron chi connectivity index (χ4n) is 2.91. The second-order valence-corrected chi connectivity index (χ2v) is 7.25. The third-order valence-electron chi connectivity index (χ3n) is 4.22. The lowest BCUT2D eigenvalue weighted by atomic mass is 9.98. The van der Waals surface area contributed by atoms with Gasteiger partial charge in [-0.1, -0.05) is 6.92 Å². The van der Waals surface area contributed by atoms with Crippen LogP contribution in [-0.2, 0) is 13.5 Å². The van der Waals surface area contributed by atoms with Crippen molar-refractivity contribution in [3.05, 3.63) is 21.4 Å². The summed E-state index contributed by atoms with van der Waals surface area (Å²) in [5.41, 5.74) is 0.779. The minimum absolute atomic E-state index is 0. The Morgan fingerprint density at radius 2 is 2.08 bits per heavy atom. The van der Waals surface area contributed by atoms with Crippen molar-refractivity contribution >= 4 is 35.6 Å². The first-order chi connectivity index (χ1) is 11.6. The Kier molecular flexibility index (Phi) is 6.92. The van der Waals surface area contributed by atoms with Crippen LogP contribution in [0.1, 0.15) is 58.3 Å². The molecule has 2 aromatic rings. The lowest BCUT2D eigenvalue weighted by molar-refractivity contribution is 0.102. The number of aryl methyl sites for hydroxylation is 3. The van der Waals surface area contributed by atoms with E-state index in [1.807, 2.05) is 14.0 Å². The summed E-state index contributed by atoms with van der Waals surface area (Å²) in [7, 11) is 1.81. The molecule has 0 saturated carbocycles. The third-order valence-corrected chi connectivity index (χ3v) is 5.44. The van der Waals surface area contributed by atoms with Gasteiger partial charge in [-0.25, -0.2) is 9.67 Å². The van der Waals surface area contributed by atoms with Crippen molar-refractivity contribution in [3.63, 3.8) is 0 Å². The molecule has 0 radical (unpaired) electrons. The number of aromatic nitrogens is 4. The predicted molar refractivity (Wildman–Crippen MR) is 102 cm³/mol. The van der Waals surface area contributed by atoms with Crippen LogP contribution in [0.3, 0.4) is 0 Å². The number of amides is 1. The lowest BCUT2D eigenvalue weighted by Gasteiger charge is -2.19. The SMILES string of the molecule is CCCc1nc(C)c(C(=O)Nc2nc(C3CCNCC3)nn2C)s1.Cl. The second kappa shape index (κ2) is 8.73. The van der Waals surface area contributed by atoms with Crippen LogP contribution < -0.4 is 10.6 Å². The zero-order valence-electron chi connectivity index (χ0n) is 14.8. The molecule has 0 aliphatic carbocycles. The molecule has 1 saturated heterocycles. The topological polar surface area (TPSA) is 84.7 Å². The average molecular weight is 385 g/mol. The van der Waals surface area contributed by atoms with Gasteiger partial charge in [0.05, 0.1) is 10.7 Å². The summed E-state index contributed by atoms with van der Waals surface area (Å²) in [5, 5.41) is 11.7. The first kappa shape index (κ1) is 19.8. The smallest absolute Gasteiger partial charge is 0.270 e. The number of rotatable bonds is 5. The number of thiazole rings is 1. The van der Waals surface area contributed by atoms with Gasteiger partial charge in [0.15, 0.2) is 5.82 Å². The van der Waals surface area contributed by atoms with Gasteiger partial charge >= 0.3 is 0 Å². The third kappa shape index (κ3) is 4.56. The number of hydrogen-bond acceptors (Lipinski definition) is 6. The highest BCUT2D eigenvalue weighted by atomic mass is 35.5. The van der Waals surface area contributed by atoms with Crippen LogP contribution >= 0.6 is 23.7 Å². The Morgan fingerprint density at radius 3 is 2.76 bits per heavy atom. The Hall–Kier alpha value is -1.51. The molecule has 0 bridgehead atoms. The van der Waals surface area contributed by atoms with Gasteiger partial charge in [0.25, 0.3) is 5.91 Å². The maximum atomic E-state index is 12.6. The monoisotopic (exact) mass is 384 g/mol. The van der Waals surface area contributed by atoms with Crippen molar-refractivity contribution in [2.24, 2.45) is 7.05 Å². The van der Waals surface area contributed by atoms with Crippen LogP contribution in [0.2, 0.25) is 0 Å². The Labute approximate surface area is 158 Å². The standard InChI is InChI=1S/C16H24N6OS.ClH/c1-4-5-12-18-10(2)13(24-12)15(23)20-16-19-14(21-22(16)3)11-6-8-17-9-7-11;/h11,17H,4-9H2,1-3H3,(H,19,20,21,23);1H. The van der Waals surface area contributed by atoms with Gasteiger partial charge in [0.2, 0.25) is 5.95 Å². The van der Waals surface area contributed by atoms with Crippen molar-refractivity contribution in [3.8, 4) is 0 Å². The number of nitrogens with one attached hydrogen (secondary N) is 2. The zero-order chi connectivity index (χ0) is 17.1. The number of anilines is 1. The van der Waals surface area contributed by atoms with Crippen LogP contribution in [0.4, 0.5) is 5.95 Å². The van der Waals surface area contributed by atoms with E-state index < -0.39 is 0 Å². The van der Waals surface area contributed by atoms with E-state index in [2.05, 4.69) is 32.6 Å². The van der Waals surface area contributed by atoms with E-state index in [9.17, 15) is 4.79 Å². The van der Waals surface area contributed by atoms with Crippen molar-refractivity contribution in [2.45, 2.75) is 45.4 Å². The largest absolute Gasteiger partial charge is 0.317 e. The molecule has 1 aliphatic rings. The van der Waals surface area contributed by atoms with Gasteiger partial charge in [0, 0.05) is 13.0 Å². The maximum absolute atomic E-state index is 12.6. The highest BCUT2D eigenvalue weighted by molar-refractivity contribution is 7.13. The molecule has 0 spiro atoms. The van der Waals surface area contributed by atoms with E-state index >= 15 is 0 Å². The van der Waals surface area contributed by atoms with Crippen LogP contribution in [0.5, 0.6) is 0 Å². The fourth-order valence-corrected chi connectivity index (χ4v) is 3.97. The second-order valence-electron chi connectivity index (χ2n) is 6.17. The fraction of sp³-hybridized carbons (Fsp3) is 0.625. The lowest BCUT2D eigenvalue weighted by Crippen LogP contribution is -2.27. The molecule has 1 amide bonds. The molecule has 2 aromatic heterocycles. The molecule has 0 aromatic carbocycles. The molecule has 7 nitrogen and oxygen atoms in total. The van der Waals surface area contributed by atoms with E-state index in [0.717, 1.165) is 55.3 Å². The molecule has 3 rings (SSSR count). The highest BCUT2D eigenvalue weighted by Gasteiger charge is 2.22. The quantitative estimate of drug-likeness (QED) is 0.827. The van der Waals surface area contributed by atoms with Gasteiger partial charge in [-0.15, -0.1) is 23.7 Å². The Bertz CT molecular complexity index is 722. The van der Waals surface area contributed by atoms with Gasteiger partial charge < -0.3 is 5.32 Å². The van der Waals surface area contributed by atoms with Crippen molar-refractivity contribution in [1.29, 1.82) is 0 Å². The summed E-state index contributed by atoms with van der Waals surface area (Å²) in [6.45, 7) is 5.97. The summed E-state index contributed by atoms with van der Waals surface area (Å²) in [6, 6.07) is 0. The molecule has 138 valence electrons. The van der Waals surface area contributed by atoms with Crippen molar-refractivity contribution < 1.29 is 4.79 Å². The molecule has 9 heteroatoms. The van der Waals surface area contributed by atoms with Gasteiger partial charge in [-0.2, -0.15) is 10.1 Å². The van der Waals surface area contributed by atoms with Crippen molar-refractivity contribution in [1.82, 2.24) is 25.1 Å². The molecule has 1 aliphatic heterocycles. The number of carbonyl (C=O) groups is 1. The summed E-state index contributed by atoms with van der Waals surface area (Å²) >= 11 is 1.46. The predicted octanol–water partition coefficient (Wildman–Crippen LogP) is 2.67. The molecule has 1 fully saturated rings. The van der Waals surface area contributed by atoms with E-state index in [-0.39, 0.29) is 18.3 Å². The molecule has 2 N–H and O–H groups in total. The van der Waals surface area contributed by atoms with E-state index in [4.69, 9.17) is 0 Å². The van der Waals surface area contributed by atoms with Gasteiger partial charge in [0.1, 0.15) is 4.88 Å². The van der Waals surface area contributed by atoms with Gasteiger partial charge in [-0.3, -0.25) is 10.1 Å². The Morgan fingerprint density at radius 1 is 1.36 bits per heavy atom. The number of hydrogen-bond donors (Lipinski definition) is 2. The first-order valence-electron chi connectivity index (χ1n) is 8.47. The molecular weight excluding hydrogens is 360 g/mol. The highest BCUT2D eigenvalue weighted by Crippen LogP contribution is 2.24.